The van der Waals surface area contributed by atoms with Crippen LogP contribution in [0.5, 0.6) is 11.5 Å². The van der Waals surface area contributed by atoms with E-state index in [1.54, 1.807) is 17.6 Å². The second-order valence-electron chi connectivity index (χ2n) is 6.31. The molecule has 7 heteroatoms. The van der Waals surface area contributed by atoms with Crippen LogP contribution < -0.4 is 5.31 Å². The fourth-order valence-electron chi connectivity index (χ4n) is 3.63. The first-order valence-corrected chi connectivity index (χ1v) is 8.22. The molecule has 1 aliphatic heterocycles. The minimum atomic E-state index is -0.0273. The van der Waals surface area contributed by atoms with Gasteiger partial charge in [-0.25, -0.2) is 9.97 Å². The van der Waals surface area contributed by atoms with Crippen molar-refractivity contribution in [3.8, 4) is 22.9 Å². The number of aromatic hydroxyl groups is 2. The van der Waals surface area contributed by atoms with Crippen LogP contribution in [-0.4, -0.2) is 42.8 Å². The summed E-state index contributed by atoms with van der Waals surface area (Å²) in [6.45, 7) is 1.28. The molecule has 1 aliphatic rings. The molecule has 5 rings (SSSR count). The third-order valence-electron chi connectivity index (χ3n) is 4.78. The third kappa shape index (κ3) is 2.09. The Morgan fingerprint density at radius 2 is 2.20 bits per heavy atom. The first-order chi connectivity index (χ1) is 12.6. The van der Waals surface area contributed by atoms with E-state index in [0.717, 1.165) is 28.5 Å². The number of hydrogen-bond acceptors (Lipinski definition) is 5. The van der Waals surface area contributed by atoms with E-state index in [2.05, 4.69) is 14.5 Å². The molecule has 0 amide bonds. The van der Waals surface area contributed by atoms with Crippen LogP contribution in [-0.2, 0) is 0 Å². The number of rotatable bonds is 2. The molecule has 1 atom stereocenters. The van der Waals surface area contributed by atoms with E-state index in [1.807, 2.05) is 12.3 Å². The highest BCUT2D eigenvalue weighted by molar-refractivity contribution is 6.02. The molecule has 7 nitrogen and oxygen atoms in total. The van der Waals surface area contributed by atoms with Crippen molar-refractivity contribution in [3.63, 3.8) is 0 Å². The van der Waals surface area contributed by atoms with Gasteiger partial charge in [-0.1, -0.05) is 0 Å². The van der Waals surface area contributed by atoms with E-state index in [0.29, 0.717) is 24.5 Å². The molecule has 0 bridgehead atoms. The van der Waals surface area contributed by atoms with Crippen LogP contribution in [0.3, 0.4) is 0 Å². The maximum absolute atomic E-state index is 10.4. The number of benzene rings is 1. The maximum atomic E-state index is 10.4. The summed E-state index contributed by atoms with van der Waals surface area (Å²) < 4.78 is 10.1. The molecule has 0 radical (unpaired) electrons. The summed E-state index contributed by atoms with van der Waals surface area (Å²) in [6, 6.07) is 6.55. The quantitative estimate of drug-likeness (QED) is 0.451. The average Bonchev–Trinajstić information content (AvgIpc) is 3.31. The van der Waals surface area contributed by atoms with Crippen LogP contribution in [0, 0.1) is 0 Å². The van der Waals surface area contributed by atoms with Crippen LogP contribution in [0.1, 0.15) is 12.5 Å². The van der Waals surface area contributed by atoms with E-state index in [9.17, 15) is 10.2 Å². The van der Waals surface area contributed by atoms with E-state index < -0.39 is 0 Å². The zero-order valence-corrected chi connectivity index (χ0v) is 13.3. The van der Waals surface area contributed by atoms with Gasteiger partial charge in [0, 0.05) is 30.2 Å². The highest BCUT2D eigenvalue weighted by Gasteiger charge is 2.26. The van der Waals surface area contributed by atoms with Crippen LogP contribution >= 0.6 is 0 Å². The molecule has 1 fully saturated rings. The topological polar surface area (TPSA) is 99.0 Å². The summed E-state index contributed by atoms with van der Waals surface area (Å²) in [5.74, 6) is 0.593. The van der Waals surface area contributed by atoms with E-state index in [1.165, 1.54) is 12.1 Å². The first kappa shape index (κ1) is 13.3. The minimum Gasteiger partial charge on any atom is -0.508 e. The lowest BCUT2D eigenvalue weighted by molar-refractivity contribution is 0.451. The molecule has 0 saturated carbocycles. The molecular weight excluding hydrogens is 318 g/mol. The number of nitrogens with zero attached hydrogens (tertiary/aromatic N) is 3. The van der Waals surface area contributed by atoms with Gasteiger partial charge in [0.05, 0.1) is 17.3 Å². The van der Waals surface area contributed by atoms with Gasteiger partial charge in [-0.15, -0.1) is 0 Å². The lowest BCUT2D eigenvalue weighted by Crippen LogP contribution is -2.14. The third-order valence-corrected chi connectivity index (χ3v) is 4.78. The zero-order valence-electron chi connectivity index (χ0n) is 14.3. The van der Waals surface area contributed by atoms with Gasteiger partial charge in [0.25, 0.3) is 0 Å². The molecule has 4 aromatic rings. The number of phenolic OH excluding ortho intramolecular Hbond substituents is 2. The second kappa shape index (κ2) is 5.22. The van der Waals surface area contributed by atoms with E-state index in [4.69, 9.17) is 6.40 Å². The Kier molecular flexibility index (Phi) is 2.77. The standard InChI is InChI=1S/C18H17N5O2/c24-11-1-2-12(15(25)7-11)18-22-14-9-21-17-13(4-6-20-17)16(14)23(18)10-3-5-19-8-10/h1-2,4,6-7,9-10,19,24-25H,3,5,8H2,(H,20,21)/i/hD. The van der Waals surface area contributed by atoms with Crippen molar-refractivity contribution in [3.05, 3.63) is 36.7 Å². The largest absolute Gasteiger partial charge is 0.508 e. The maximum Gasteiger partial charge on any atom is 0.145 e. The number of imidazole rings is 1. The Bertz CT molecular complexity index is 1140. The molecule has 4 N–H and O–H groups in total. The van der Waals surface area contributed by atoms with Crippen LogP contribution in [0.25, 0.3) is 33.5 Å². The SMILES string of the molecule is [2H]N1CCC(n2c(-c3ccc(O)cc3O)nc3cnc4[nH]ccc4c32)C1. The Labute approximate surface area is 144 Å². The Morgan fingerprint density at radius 1 is 1.28 bits per heavy atom. The van der Waals surface area contributed by atoms with Crippen molar-refractivity contribution in [2.75, 3.05) is 13.1 Å². The molecular formula is C18H17N5O2. The molecule has 0 aliphatic carbocycles. The van der Waals surface area contributed by atoms with Gasteiger partial charge in [0.15, 0.2) is 0 Å². The van der Waals surface area contributed by atoms with Crippen molar-refractivity contribution in [2.24, 2.45) is 0 Å². The summed E-state index contributed by atoms with van der Waals surface area (Å²) in [6.07, 6.45) is 4.39. The van der Waals surface area contributed by atoms with Gasteiger partial charge in [-0.3, -0.25) is 0 Å². The van der Waals surface area contributed by atoms with Gasteiger partial charge in [-0.2, -0.15) is 0 Å². The van der Waals surface area contributed by atoms with E-state index >= 15 is 0 Å². The first-order valence-electron chi connectivity index (χ1n) is 8.67. The van der Waals surface area contributed by atoms with E-state index in [-0.39, 0.29) is 17.5 Å². The molecule has 1 aromatic carbocycles. The van der Waals surface area contributed by atoms with Crippen LogP contribution in [0.15, 0.2) is 36.7 Å². The van der Waals surface area contributed by atoms with Crippen LogP contribution in [0.4, 0.5) is 0 Å². The molecule has 25 heavy (non-hydrogen) atoms. The summed E-state index contributed by atoms with van der Waals surface area (Å²) >= 11 is 0. The Morgan fingerprint density at radius 3 is 3.00 bits per heavy atom. The number of fused-ring (bicyclic) bond motifs is 3. The Hall–Kier alpha value is -3.06. The number of phenols is 2. The van der Waals surface area contributed by atoms with Crippen LogP contribution in [0.2, 0.25) is 1.41 Å². The second-order valence-corrected chi connectivity index (χ2v) is 6.31. The number of aromatic nitrogens is 4. The van der Waals surface area contributed by atoms with Crippen molar-refractivity contribution in [1.82, 2.24) is 24.8 Å². The monoisotopic (exact) mass is 336 g/mol. The predicted octanol–water partition coefficient (Wildman–Crippen LogP) is 2.53. The molecule has 126 valence electrons. The van der Waals surface area contributed by atoms with Gasteiger partial charge in [0.2, 0.25) is 0 Å². The number of hydrogen-bond donors (Lipinski definition) is 4. The van der Waals surface area contributed by atoms with Crippen molar-refractivity contribution in [1.29, 1.82) is 0 Å². The smallest absolute Gasteiger partial charge is 0.145 e. The normalized spacial score (nSPS) is 19.0. The van der Waals surface area contributed by atoms with Gasteiger partial charge >= 0.3 is 0 Å². The summed E-state index contributed by atoms with van der Waals surface area (Å²) in [4.78, 5) is 12.3. The predicted molar refractivity (Wildman–Crippen MR) is 94.7 cm³/mol. The van der Waals surface area contributed by atoms with Gasteiger partial charge in [-0.05, 0) is 31.2 Å². The van der Waals surface area contributed by atoms with Crippen molar-refractivity contribution in [2.45, 2.75) is 12.5 Å². The molecule has 1 saturated heterocycles. The number of pyridine rings is 1. The fourth-order valence-corrected chi connectivity index (χ4v) is 3.63. The fraction of sp³-hybridized carbons (Fsp3) is 0.222. The lowest BCUT2D eigenvalue weighted by atomic mass is 10.1. The van der Waals surface area contributed by atoms with Gasteiger partial charge < -0.3 is 25.1 Å². The zero-order chi connectivity index (χ0) is 17.8. The summed E-state index contributed by atoms with van der Waals surface area (Å²) in [7, 11) is 0. The Balaban J connectivity index is 1.84. The summed E-state index contributed by atoms with van der Waals surface area (Å²) in [5.41, 5.74) is 3.01. The van der Waals surface area contributed by atoms with Gasteiger partial charge in [0.1, 0.15) is 29.9 Å². The molecule has 3 aromatic heterocycles. The number of aromatic amines is 1. The highest BCUT2D eigenvalue weighted by Crippen LogP contribution is 2.38. The highest BCUT2D eigenvalue weighted by atomic mass is 16.3. The van der Waals surface area contributed by atoms with Crippen molar-refractivity contribution < 1.29 is 11.6 Å². The average molecular weight is 336 g/mol. The minimum absolute atomic E-state index is 0.00167. The number of H-pyrrole nitrogens is 1. The number of nitrogens with one attached hydrogen (secondary N) is 2. The molecule has 1 unspecified atom stereocenters. The molecule has 4 heterocycles. The van der Waals surface area contributed by atoms with Crippen molar-refractivity contribution >= 4 is 22.1 Å². The lowest BCUT2D eigenvalue weighted by Gasteiger charge is -2.17. The molecule has 0 spiro atoms. The summed E-state index contributed by atoms with van der Waals surface area (Å²) in [5, 5.41) is 22.5.